The van der Waals surface area contributed by atoms with Crippen molar-refractivity contribution in [3.8, 4) is 5.69 Å². The molecule has 0 atom stereocenters. The van der Waals surface area contributed by atoms with Gasteiger partial charge in [0.15, 0.2) is 0 Å². The maximum Gasteiger partial charge on any atom is 0.273 e. The van der Waals surface area contributed by atoms with Crippen molar-refractivity contribution in [1.82, 2.24) is 20.6 Å². The molecule has 30 heavy (non-hydrogen) atoms. The number of carbonyl (C=O) groups is 2. The fourth-order valence-corrected chi connectivity index (χ4v) is 3.54. The molecule has 4 aromatic rings. The first-order valence-electron chi connectivity index (χ1n) is 9.39. The smallest absolute Gasteiger partial charge is 0.273 e. The zero-order valence-corrected chi connectivity index (χ0v) is 17.0. The Morgan fingerprint density at radius 1 is 1.00 bits per heavy atom. The second-order valence-electron chi connectivity index (χ2n) is 6.85. The number of nitrogens with one attached hydrogen (secondary N) is 2. The lowest BCUT2D eigenvalue weighted by Gasteiger charge is -2.09. The van der Waals surface area contributed by atoms with Crippen molar-refractivity contribution in [2.75, 3.05) is 0 Å². The first-order valence-corrected chi connectivity index (χ1v) is 9.77. The third-order valence-electron chi connectivity index (χ3n) is 4.85. The summed E-state index contributed by atoms with van der Waals surface area (Å²) >= 11 is 6.04. The van der Waals surface area contributed by atoms with Crippen LogP contribution in [0, 0.1) is 6.92 Å². The van der Waals surface area contributed by atoms with Gasteiger partial charge in [-0.25, -0.2) is 4.68 Å². The third-order valence-corrected chi connectivity index (χ3v) is 5.09. The number of benzene rings is 3. The molecule has 0 saturated carbocycles. The molecule has 150 valence electrons. The van der Waals surface area contributed by atoms with E-state index in [0.717, 1.165) is 22.0 Å². The number of amides is 2. The molecule has 0 aliphatic carbocycles. The highest BCUT2D eigenvalue weighted by atomic mass is 35.5. The monoisotopic (exact) mass is 418 g/mol. The molecule has 1 heterocycles. The highest BCUT2D eigenvalue weighted by Gasteiger charge is 2.16. The molecule has 4 rings (SSSR count). The zero-order valence-electron chi connectivity index (χ0n) is 16.2. The number of nitrogens with zero attached hydrogens (tertiary/aromatic N) is 2. The molecule has 1 aromatic heterocycles. The Morgan fingerprint density at radius 2 is 1.77 bits per heavy atom. The second kappa shape index (κ2) is 8.39. The lowest BCUT2D eigenvalue weighted by atomic mass is 10.0. The Hall–Kier alpha value is -3.64. The van der Waals surface area contributed by atoms with Gasteiger partial charge in [0, 0.05) is 5.02 Å². The van der Waals surface area contributed by atoms with E-state index in [2.05, 4.69) is 16.0 Å². The van der Waals surface area contributed by atoms with Crippen molar-refractivity contribution >= 4 is 34.2 Å². The molecule has 0 fully saturated rings. The van der Waals surface area contributed by atoms with Gasteiger partial charge in [0.1, 0.15) is 0 Å². The van der Waals surface area contributed by atoms with Gasteiger partial charge in [0.25, 0.3) is 5.91 Å². The lowest BCUT2D eigenvalue weighted by Crippen LogP contribution is -2.42. The average Bonchev–Trinajstić information content (AvgIpc) is 3.14. The number of hydrazine groups is 1. The van der Waals surface area contributed by atoms with Gasteiger partial charge in [-0.2, -0.15) is 5.10 Å². The van der Waals surface area contributed by atoms with Crippen LogP contribution in [0.1, 0.15) is 21.6 Å². The summed E-state index contributed by atoms with van der Waals surface area (Å²) in [5.74, 6) is -0.744. The standard InChI is InChI=1S/C23H19ClN4O2/c1-15-21(14-25-28(15)19-10-5-9-18(24)13-19)23(30)27-26-22(29)12-17-8-4-7-16-6-2-3-11-20(16)17/h2-11,13-14H,12H2,1H3,(H,26,29)(H,27,30). The van der Waals surface area contributed by atoms with Gasteiger partial charge >= 0.3 is 0 Å². The molecule has 0 saturated heterocycles. The Balaban J connectivity index is 1.43. The maximum atomic E-state index is 12.5. The fraction of sp³-hybridized carbons (Fsp3) is 0.0870. The van der Waals surface area contributed by atoms with Crippen molar-refractivity contribution in [2.24, 2.45) is 0 Å². The first kappa shape index (κ1) is 19.7. The molecule has 6 nitrogen and oxygen atoms in total. The minimum atomic E-state index is -0.438. The van der Waals surface area contributed by atoms with Crippen LogP contribution in [0.15, 0.2) is 72.9 Å². The number of hydrogen-bond acceptors (Lipinski definition) is 3. The first-order chi connectivity index (χ1) is 14.5. The summed E-state index contributed by atoms with van der Waals surface area (Å²) in [6.45, 7) is 1.78. The number of hydrogen-bond donors (Lipinski definition) is 2. The average molecular weight is 419 g/mol. The summed E-state index contributed by atoms with van der Waals surface area (Å²) in [4.78, 5) is 24.9. The fourth-order valence-electron chi connectivity index (χ4n) is 3.36. The molecule has 0 unspecified atom stereocenters. The summed E-state index contributed by atoms with van der Waals surface area (Å²) in [6.07, 6.45) is 1.62. The molecule has 3 aromatic carbocycles. The van der Waals surface area contributed by atoms with Gasteiger partial charge in [-0.1, -0.05) is 60.1 Å². The Bertz CT molecular complexity index is 1240. The third kappa shape index (κ3) is 4.04. The van der Waals surface area contributed by atoms with Crippen LogP contribution in [0.5, 0.6) is 0 Å². The number of rotatable bonds is 4. The quantitative estimate of drug-likeness (QED) is 0.492. The second-order valence-corrected chi connectivity index (χ2v) is 7.29. The molecular formula is C23H19ClN4O2. The Morgan fingerprint density at radius 3 is 2.60 bits per heavy atom. The van der Waals surface area contributed by atoms with E-state index in [4.69, 9.17) is 11.6 Å². The van der Waals surface area contributed by atoms with Crippen LogP contribution >= 0.6 is 11.6 Å². The van der Waals surface area contributed by atoms with E-state index < -0.39 is 5.91 Å². The minimum Gasteiger partial charge on any atom is -0.273 e. The van der Waals surface area contributed by atoms with Crippen molar-refractivity contribution in [1.29, 1.82) is 0 Å². The van der Waals surface area contributed by atoms with Gasteiger partial charge < -0.3 is 0 Å². The van der Waals surface area contributed by atoms with Gasteiger partial charge in [-0.3, -0.25) is 20.4 Å². The van der Waals surface area contributed by atoms with Gasteiger partial charge in [0.2, 0.25) is 5.91 Å². The molecule has 0 aliphatic rings. The molecule has 0 bridgehead atoms. The van der Waals surface area contributed by atoms with Crippen LogP contribution in [0.3, 0.4) is 0 Å². The molecule has 2 N–H and O–H groups in total. The summed E-state index contributed by atoms with van der Waals surface area (Å²) in [5.41, 5.74) is 7.59. The SMILES string of the molecule is Cc1c(C(=O)NNC(=O)Cc2cccc3ccccc23)cnn1-c1cccc(Cl)c1. The highest BCUT2D eigenvalue weighted by Crippen LogP contribution is 2.19. The van der Waals surface area contributed by atoms with Crippen LogP contribution < -0.4 is 10.9 Å². The van der Waals surface area contributed by atoms with Crippen LogP contribution in [0.25, 0.3) is 16.5 Å². The minimum absolute atomic E-state index is 0.155. The van der Waals surface area contributed by atoms with E-state index in [1.54, 1.807) is 23.7 Å². The maximum absolute atomic E-state index is 12.5. The topological polar surface area (TPSA) is 76.0 Å². The van der Waals surface area contributed by atoms with Gasteiger partial charge in [-0.15, -0.1) is 0 Å². The molecule has 0 spiro atoms. The predicted molar refractivity (Wildman–Crippen MR) is 117 cm³/mol. The van der Waals surface area contributed by atoms with E-state index in [1.165, 1.54) is 6.20 Å². The van der Waals surface area contributed by atoms with Crippen LogP contribution in [0.4, 0.5) is 0 Å². The zero-order chi connectivity index (χ0) is 21.1. The number of halogens is 1. The van der Waals surface area contributed by atoms with Crippen LogP contribution in [-0.2, 0) is 11.2 Å². The summed E-state index contributed by atoms with van der Waals surface area (Å²) in [7, 11) is 0. The van der Waals surface area contributed by atoms with Crippen molar-refractivity contribution < 1.29 is 9.59 Å². The van der Waals surface area contributed by atoms with Crippen molar-refractivity contribution in [3.63, 3.8) is 0 Å². The molecule has 0 aliphatic heterocycles. The molecule has 0 radical (unpaired) electrons. The largest absolute Gasteiger partial charge is 0.273 e. The van der Waals surface area contributed by atoms with Crippen LogP contribution in [-0.4, -0.2) is 21.6 Å². The molecular weight excluding hydrogens is 400 g/mol. The number of carbonyl (C=O) groups excluding carboxylic acids is 2. The van der Waals surface area contributed by atoms with E-state index >= 15 is 0 Å². The van der Waals surface area contributed by atoms with E-state index in [1.807, 2.05) is 54.6 Å². The predicted octanol–water partition coefficient (Wildman–Crippen LogP) is 3.99. The van der Waals surface area contributed by atoms with Gasteiger partial charge in [0.05, 0.1) is 29.6 Å². The van der Waals surface area contributed by atoms with E-state index in [0.29, 0.717) is 16.3 Å². The van der Waals surface area contributed by atoms with Crippen LogP contribution in [0.2, 0.25) is 5.02 Å². The number of aromatic nitrogens is 2. The molecule has 7 heteroatoms. The molecule has 2 amide bonds. The summed E-state index contributed by atoms with van der Waals surface area (Å²) in [6, 6.07) is 20.9. The number of fused-ring (bicyclic) bond motifs is 1. The van der Waals surface area contributed by atoms with Crippen molar-refractivity contribution in [2.45, 2.75) is 13.3 Å². The lowest BCUT2D eigenvalue weighted by molar-refractivity contribution is -0.121. The normalized spacial score (nSPS) is 10.7. The highest BCUT2D eigenvalue weighted by molar-refractivity contribution is 6.30. The van der Waals surface area contributed by atoms with E-state index in [9.17, 15) is 9.59 Å². The summed E-state index contributed by atoms with van der Waals surface area (Å²) in [5, 5.41) is 6.92. The van der Waals surface area contributed by atoms with E-state index in [-0.39, 0.29) is 12.3 Å². The summed E-state index contributed by atoms with van der Waals surface area (Å²) < 4.78 is 1.62. The van der Waals surface area contributed by atoms with Crippen molar-refractivity contribution in [3.05, 3.63) is 94.8 Å². The van der Waals surface area contributed by atoms with Gasteiger partial charge in [-0.05, 0) is 41.5 Å². The Labute approximate surface area is 178 Å². The Kier molecular flexibility index (Phi) is 5.50.